The monoisotopic (exact) mass is 548 g/mol. The van der Waals surface area contributed by atoms with Crippen molar-refractivity contribution in [1.82, 2.24) is 14.8 Å². The molecule has 0 aromatic carbocycles. The molecule has 1 aliphatic carbocycles. The highest BCUT2D eigenvalue weighted by Gasteiger charge is 2.34. The zero-order valence-electron chi connectivity index (χ0n) is 22.3. The van der Waals surface area contributed by atoms with Gasteiger partial charge in [-0.15, -0.1) is 0 Å². The first kappa shape index (κ1) is 31.1. The Hall–Kier alpha value is -3.12. The highest BCUT2D eigenvalue weighted by molar-refractivity contribution is 5.96. The van der Waals surface area contributed by atoms with Crippen molar-refractivity contribution in [2.75, 3.05) is 18.9 Å². The molecule has 1 fully saturated rings. The van der Waals surface area contributed by atoms with Gasteiger partial charge in [-0.2, -0.15) is 13.2 Å². The van der Waals surface area contributed by atoms with Crippen molar-refractivity contribution < 1.29 is 36.7 Å². The van der Waals surface area contributed by atoms with E-state index in [1.807, 2.05) is 0 Å². The molecule has 13 heteroatoms. The van der Waals surface area contributed by atoms with E-state index in [9.17, 15) is 36.7 Å². The average molecular weight is 549 g/mol. The summed E-state index contributed by atoms with van der Waals surface area (Å²) in [4.78, 5) is 51.1. The molecule has 1 aromatic rings. The third-order valence-corrected chi connectivity index (χ3v) is 6.18. The van der Waals surface area contributed by atoms with Gasteiger partial charge in [-0.3, -0.25) is 14.4 Å². The van der Waals surface area contributed by atoms with Crippen LogP contribution in [-0.2, 0) is 14.3 Å². The van der Waals surface area contributed by atoms with Crippen LogP contribution >= 0.6 is 0 Å². The summed E-state index contributed by atoms with van der Waals surface area (Å²) in [6, 6.07) is -1.73. The van der Waals surface area contributed by atoms with Gasteiger partial charge in [0.1, 0.15) is 24.2 Å². The molecule has 0 spiro atoms. The van der Waals surface area contributed by atoms with Gasteiger partial charge in [0.25, 0.3) is 5.56 Å². The number of aromatic nitrogens is 1. The first-order chi connectivity index (χ1) is 17.5. The van der Waals surface area contributed by atoms with Crippen molar-refractivity contribution in [3.63, 3.8) is 0 Å². The summed E-state index contributed by atoms with van der Waals surface area (Å²) in [5.41, 5.74) is -2.20. The molecule has 1 heterocycles. The van der Waals surface area contributed by atoms with Gasteiger partial charge >= 0.3 is 12.3 Å². The minimum absolute atomic E-state index is 0.240. The van der Waals surface area contributed by atoms with Crippen LogP contribution in [0.3, 0.4) is 0 Å². The van der Waals surface area contributed by atoms with E-state index in [-0.39, 0.29) is 5.92 Å². The quantitative estimate of drug-likeness (QED) is 0.389. The summed E-state index contributed by atoms with van der Waals surface area (Å²) in [5.74, 6) is -3.10. The Morgan fingerprint density at radius 1 is 1.13 bits per heavy atom. The van der Waals surface area contributed by atoms with Gasteiger partial charge in [-0.1, -0.05) is 25.7 Å². The smallest absolute Gasteiger partial charge is 0.408 e. The summed E-state index contributed by atoms with van der Waals surface area (Å²) < 4.78 is 58.8. The highest BCUT2D eigenvalue weighted by Crippen LogP contribution is 2.27. The molecule has 214 valence electrons. The van der Waals surface area contributed by atoms with Crippen molar-refractivity contribution in [3.05, 3.63) is 28.4 Å². The second kappa shape index (κ2) is 12.6. The van der Waals surface area contributed by atoms with Crippen LogP contribution in [0.1, 0.15) is 72.3 Å². The largest absolute Gasteiger partial charge is 0.444 e. The van der Waals surface area contributed by atoms with E-state index in [1.54, 1.807) is 20.8 Å². The average Bonchev–Trinajstić information content (AvgIpc) is 3.05. The molecule has 0 aliphatic heterocycles. The lowest BCUT2D eigenvalue weighted by atomic mass is 9.91. The molecule has 9 nitrogen and oxygen atoms in total. The molecule has 0 unspecified atom stereocenters. The van der Waals surface area contributed by atoms with Crippen LogP contribution in [0.5, 0.6) is 0 Å². The van der Waals surface area contributed by atoms with E-state index in [1.165, 1.54) is 6.92 Å². The van der Waals surface area contributed by atoms with Gasteiger partial charge in [0.15, 0.2) is 5.82 Å². The Morgan fingerprint density at radius 2 is 1.71 bits per heavy atom. The van der Waals surface area contributed by atoms with Gasteiger partial charge in [-0.25, -0.2) is 9.18 Å². The number of ether oxygens (including phenoxy) is 1. The first-order valence-electron chi connectivity index (χ1n) is 12.5. The summed E-state index contributed by atoms with van der Waals surface area (Å²) in [5, 5.41) is 4.92. The second-order valence-corrected chi connectivity index (χ2v) is 10.6. The van der Waals surface area contributed by atoms with Crippen LogP contribution in [0, 0.1) is 11.7 Å². The SMILES string of the molecule is C[C@H](C(=O)N(C)CC(F)(F)F)n1cc(F)c(NC(=O)[C@@H](NC(=O)OC(C)(C)C)C2CCCCCC2)cc1=O. The fourth-order valence-corrected chi connectivity index (χ4v) is 4.39. The predicted molar refractivity (Wildman–Crippen MR) is 132 cm³/mol. The maximum Gasteiger partial charge on any atom is 0.408 e. The number of nitrogens with one attached hydrogen (secondary N) is 2. The van der Waals surface area contributed by atoms with Gasteiger partial charge in [0, 0.05) is 19.3 Å². The second-order valence-electron chi connectivity index (χ2n) is 10.6. The van der Waals surface area contributed by atoms with Crippen molar-refractivity contribution in [2.24, 2.45) is 5.92 Å². The zero-order chi connectivity index (χ0) is 28.8. The van der Waals surface area contributed by atoms with E-state index in [4.69, 9.17) is 4.74 Å². The number of carbonyl (C=O) groups is 3. The van der Waals surface area contributed by atoms with Crippen LogP contribution in [0.2, 0.25) is 0 Å². The molecule has 0 saturated heterocycles. The number of rotatable bonds is 7. The number of carbonyl (C=O) groups excluding carboxylic acids is 3. The lowest BCUT2D eigenvalue weighted by Gasteiger charge is -2.28. The first-order valence-corrected chi connectivity index (χ1v) is 12.5. The molecule has 2 N–H and O–H groups in total. The van der Waals surface area contributed by atoms with Gasteiger partial charge in [-0.05, 0) is 46.5 Å². The Morgan fingerprint density at radius 3 is 2.24 bits per heavy atom. The van der Waals surface area contributed by atoms with E-state index in [0.717, 1.165) is 38.8 Å². The minimum Gasteiger partial charge on any atom is -0.444 e. The number of pyridine rings is 1. The molecule has 2 atom stereocenters. The fourth-order valence-electron chi connectivity index (χ4n) is 4.39. The maximum atomic E-state index is 15.0. The maximum absolute atomic E-state index is 15.0. The molecular formula is C25H36F4N4O5. The number of hydrogen-bond acceptors (Lipinski definition) is 5. The Balaban J connectivity index is 2.26. The van der Waals surface area contributed by atoms with Crippen molar-refractivity contribution in [3.8, 4) is 0 Å². The number of alkyl carbamates (subject to hydrolysis) is 1. The van der Waals surface area contributed by atoms with Crippen LogP contribution in [0.4, 0.5) is 28.0 Å². The minimum atomic E-state index is -4.64. The molecular weight excluding hydrogens is 512 g/mol. The van der Waals surface area contributed by atoms with Crippen LogP contribution in [0.15, 0.2) is 17.1 Å². The third-order valence-electron chi connectivity index (χ3n) is 6.18. The molecule has 2 rings (SSSR count). The number of halogens is 4. The van der Waals surface area contributed by atoms with E-state index >= 15 is 0 Å². The topological polar surface area (TPSA) is 110 Å². The summed E-state index contributed by atoms with van der Waals surface area (Å²) >= 11 is 0. The van der Waals surface area contributed by atoms with Crippen LogP contribution in [0.25, 0.3) is 0 Å². The molecule has 38 heavy (non-hydrogen) atoms. The van der Waals surface area contributed by atoms with Gasteiger partial charge in [0.2, 0.25) is 11.8 Å². The predicted octanol–water partition coefficient (Wildman–Crippen LogP) is 4.37. The molecule has 0 radical (unpaired) electrons. The number of likely N-dealkylation sites (N-methyl/N-ethyl adjacent to an activating group) is 1. The Kier molecular flexibility index (Phi) is 10.3. The number of nitrogens with zero attached hydrogens (tertiary/aromatic N) is 2. The third kappa shape index (κ3) is 9.32. The number of alkyl halides is 3. The van der Waals surface area contributed by atoms with Crippen molar-refractivity contribution >= 4 is 23.6 Å². The Bertz CT molecular complexity index is 1060. The summed E-state index contributed by atoms with van der Waals surface area (Å²) in [6.45, 7) is 4.65. The normalized spacial score (nSPS) is 16.7. The zero-order valence-corrected chi connectivity index (χ0v) is 22.3. The standard InChI is InChI=1S/C25H36F4N4O5/c1-15(22(36)32(5)14-25(27,28)29)33-13-17(26)18(12-19(33)34)30-21(35)20(16-10-8-6-7-9-11-16)31-23(37)38-24(2,3)4/h12-13,15-16,20H,6-11,14H2,1-5H3,(H,30,35)(H,31,37)/t15-,20+/m1/s1. The van der Waals surface area contributed by atoms with E-state index in [0.29, 0.717) is 28.5 Å². The number of amides is 3. The van der Waals surface area contributed by atoms with Crippen molar-refractivity contribution in [2.45, 2.75) is 90.1 Å². The summed E-state index contributed by atoms with van der Waals surface area (Å²) in [6.07, 6.45) is 0.185. The van der Waals surface area contributed by atoms with Gasteiger partial charge in [0.05, 0.1) is 5.69 Å². The van der Waals surface area contributed by atoms with Crippen molar-refractivity contribution in [1.29, 1.82) is 0 Å². The van der Waals surface area contributed by atoms with Gasteiger partial charge < -0.3 is 24.8 Å². The fraction of sp³-hybridized carbons (Fsp3) is 0.680. The molecule has 3 amide bonds. The highest BCUT2D eigenvalue weighted by atomic mass is 19.4. The lowest BCUT2D eigenvalue weighted by Crippen LogP contribution is -2.50. The summed E-state index contributed by atoms with van der Waals surface area (Å²) in [7, 11) is 0.924. The number of hydrogen-bond donors (Lipinski definition) is 2. The molecule has 0 bridgehead atoms. The molecule has 1 saturated carbocycles. The van der Waals surface area contributed by atoms with E-state index < -0.39 is 65.4 Å². The lowest BCUT2D eigenvalue weighted by molar-refractivity contribution is -0.160. The van der Waals surface area contributed by atoms with Crippen LogP contribution < -0.4 is 16.2 Å². The molecule has 1 aliphatic rings. The van der Waals surface area contributed by atoms with E-state index in [2.05, 4.69) is 10.6 Å². The molecule has 1 aromatic heterocycles. The number of anilines is 1. The Labute approximate surface area is 218 Å². The van der Waals surface area contributed by atoms with Crippen LogP contribution in [-0.4, -0.2) is 58.8 Å².